The van der Waals surface area contributed by atoms with Crippen molar-refractivity contribution in [3.05, 3.63) is 95.6 Å². The van der Waals surface area contributed by atoms with Gasteiger partial charge in [0.05, 0.1) is 22.3 Å². The van der Waals surface area contributed by atoms with Gasteiger partial charge in [-0.2, -0.15) is 4.31 Å². The molecule has 2 N–H and O–H groups in total. The lowest BCUT2D eigenvalue weighted by atomic mass is 10.1. The van der Waals surface area contributed by atoms with Crippen molar-refractivity contribution in [2.75, 3.05) is 44.6 Å². The number of hydrogen-bond donors (Lipinski definition) is 2. The van der Waals surface area contributed by atoms with E-state index in [1.54, 1.807) is 60.7 Å². The van der Waals surface area contributed by atoms with Gasteiger partial charge in [0.15, 0.2) is 0 Å². The van der Waals surface area contributed by atoms with E-state index in [0.29, 0.717) is 61.0 Å². The maximum Gasteiger partial charge on any atom is 0.255 e. The maximum atomic E-state index is 13.1. The summed E-state index contributed by atoms with van der Waals surface area (Å²) in [6.07, 6.45) is 1.96. The average molecular weight is 563 g/mol. The summed E-state index contributed by atoms with van der Waals surface area (Å²) in [7, 11) is -3.50. The molecule has 1 unspecified atom stereocenters. The molecule has 2 aliphatic heterocycles. The van der Waals surface area contributed by atoms with E-state index in [4.69, 9.17) is 4.74 Å². The number of piperazine rings is 1. The fraction of sp³-hybridized carbons (Fsp3) is 0.333. The molecule has 0 aliphatic carbocycles. The zero-order valence-corrected chi connectivity index (χ0v) is 23.1. The zero-order chi connectivity index (χ0) is 28.0. The first kappa shape index (κ1) is 28.0. The van der Waals surface area contributed by atoms with Crippen LogP contribution in [-0.2, 0) is 21.3 Å². The van der Waals surface area contributed by atoms with Gasteiger partial charge in [-0.3, -0.25) is 14.5 Å². The smallest absolute Gasteiger partial charge is 0.255 e. The lowest BCUT2D eigenvalue weighted by Crippen LogP contribution is -2.48. The van der Waals surface area contributed by atoms with Crippen LogP contribution in [0.1, 0.15) is 39.1 Å². The Balaban J connectivity index is 1.18. The Hall–Kier alpha value is -3.57. The number of carbonyl (C=O) groups is 2. The molecular formula is C30H34N4O5S. The molecule has 2 aliphatic rings. The minimum atomic E-state index is -3.50. The number of benzene rings is 3. The van der Waals surface area contributed by atoms with E-state index < -0.39 is 10.0 Å². The molecule has 0 bridgehead atoms. The van der Waals surface area contributed by atoms with Gasteiger partial charge < -0.3 is 15.4 Å². The summed E-state index contributed by atoms with van der Waals surface area (Å²) in [5.74, 6) is -0.562. The highest BCUT2D eigenvalue weighted by Gasteiger charge is 2.28. The molecule has 0 aromatic heterocycles. The summed E-state index contributed by atoms with van der Waals surface area (Å²) in [4.78, 5) is 28.4. The number of sulfonamides is 1. The molecule has 0 spiro atoms. The zero-order valence-electron chi connectivity index (χ0n) is 22.3. The fourth-order valence-corrected chi connectivity index (χ4v) is 6.47. The summed E-state index contributed by atoms with van der Waals surface area (Å²) in [6, 6.07) is 22.8. The van der Waals surface area contributed by atoms with Crippen molar-refractivity contribution in [3.63, 3.8) is 0 Å². The second-order valence-corrected chi connectivity index (χ2v) is 12.0. The summed E-state index contributed by atoms with van der Waals surface area (Å²) < 4.78 is 32.9. The highest BCUT2D eigenvalue weighted by molar-refractivity contribution is 7.89. The normalized spacial score (nSPS) is 18.4. The predicted octanol–water partition coefficient (Wildman–Crippen LogP) is 3.35. The highest BCUT2D eigenvalue weighted by Crippen LogP contribution is 2.20. The highest BCUT2D eigenvalue weighted by atomic mass is 32.2. The quantitative estimate of drug-likeness (QED) is 0.414. The third kappa shape index (κ3) is 6.76. The standard InChI is InChI=1S/C30H34N4O5S/c35-29(32-28-14-5-4-13-27(28)30(36)31-21-25-10-7-19-39-25)24-9-6-8-23(20-24)22-33-15-17-34(18-16-33)40(37,38)26-11-2-1-3-12-26/h1-6,8-9,11-14,20,25H,7,10,15-19,21-22H2,(H,31,36)(H,32,35). The lowest BCUT2D eigenvalue weighted by molar-refractivity contribution is 0.0858. The molecule has 3 aromatic carbocycles. The van der Waals surface area contributed by atoms with Crippen molar-refractivity contribution in [2.24, 2.45) is 0 Å². The van der Waals surface area contributed by atoms with E-state index >= 15 is 0 Å². The van der Waals surface area contributed by atoms with Crippen molar-refractivity contribution < 1.29 is 22.7 Å². The lowest BCUT2D eigenvalue weighted by Gasteiger charge is -2.34. The largest absolute Gasteiger partial charge is 0.376 e. The van der Waals surface area contributed by atoms with E-state index in [1.165, 1.54) is 4.31 Å². The molecule has 9 nitrogen and oxygen atoms in total. The molecule has 210 valence electrons. The first-order chi connectivity index (χ1) is 19.4. The number of amides is 2. The van der Waals surface area contributed by atoms with Crippen LogP contribution in [0.2, 0.25) is 0 Å². The van der Waals surface area contributed by atoms with Crippen LogP contribution in [0.25, 0.3) is 0 Å². The van der Waals surface area contributed by atoms with E-state index in [0.717, 1.165) is 25.0 Å². The number of para-hydroxylation sites is 1. The number of anilines is 1. The van der Waals surface area contributed by atoms with Gasteiger partial charge in [-0.1, -0.05) is 42.5 Å². The maximum absolute atomic E-state index is 13.1. The van der Waals surface area contributed by atoms with Crippen molar-refractivity contribution in [2.45, 2.75) is 30.4 Å². The van der Waals surface area contributed by atoms with E-state index in [1.807, 2.05) is 18.2 Å². The van der Waals surface area contributed by atoms with Crippen LogP contribution < -0.4 is 10.6 Å². The minimum Gasteiger partial charge on any atom is -0.376 e. The molecule has 0 radical (unpaired) electrons. The van der Waals surface area contributed by atoms with Gasteiger partial charge in [0.1, 0.15) is 0 Å². The first-order valence-corrected chi connectivity index (χ1v) is 15.0. The Kier molecular flexibility index (Phi) is 8.91. The topological polar surface area (TPSA) is 108 Å². The first-order valence-electron chi connectivity index (χ1n) is 13.6. The molecule has 2 heterocycles. The third-order valence-corrected chi connectivity index (χ3v) is 9.15. The Morgan fingerprint density at radius 2 is 1.62 bits per heavy atom. The fourth-order valence-electron chi connectivity index (χ4n) is 5.03. The summed E-state index contributed by atoms with van der Waals surface area (Å²) >= 11 is 0. The molecule has 2 saturated heterocycles. The number of carbonyl (C=O) groups excluding carboxylic acids is 2. The van der Waals surface area contributed by atoms with E-state index in [9.17, 15) is 18.0 Å². The van der Waals surface area contributed by atoms with E-state index in [-0.39, 0.29) is 17.9 Å². The van der Waals surface area contributed by atoms with Crippen molar-refractivity contribution in [1.82, 2.24) is 14.5 Å². The molecular weight excluding hydrogens is 528 g/mol. The number of ether oxygens (including phenoxy) is 1. The molecule has 40 heavy (non-hydrogen) atoms. The molecule has 2 amide bonds. The van der Waals surface area contributed by atoms with Gasteiger partial charge in [-0.05, 0) is 54.8 Å². The van der Waals surface area contributed by atoms with Crippen LogP contribution in [0.15, 0.2) is 83.8 Å². The SMILES string of the molecule is O=C(Nc1ccccc1C(=O)NCC1CCCO1)c1cccc(CN2CCN(S(=O)(=O)c3ccccc3)CC2)c1. The van der Waals surface area contributed by atoms with Gasteiger partial charge in [-0.15, -0.1) is 0 Å². The number of nitrogens with zero attached hydrogens (tertiary/aromatic N) is 2. The van der Waals surface area contributed by atoms with Crippen molar-refractivity contribution in [1.29, 1.82) is 0 Å². The van der Waals surface area contributed by atoms with Crippen LogP contribution in [0.4, 0.5) is 5.69 Å². The summed E-state index contributed by atoms with van der Waals surface area (Å²) in [5.41, 5.74) is 2.28. The van der Waals surface area contributed by atoms with E-state index in [2.05, 4.69) is 15.5 Å². The van der Waals surface area contributed by atoms with Crippen LogP contribution in [0.3, 0.4) is 0 Å². The minimum absolute atomic E-state index is 0.0321. The molecule has 3 aromatic rings. The van der Waals surface area contributed by atoms with Gasteiger partial charge in [0.2, 0.25) is 10.0 Å². The Morgan fingerprint density at radius 3 is 2.38 bits per heavy atom. The van der Waals surface area contributed by atoms with Gasteiger partial charge >= 0.3 is 0 Å². The van der Waals surface area contributed by atoms with Crippen LogP contribution >= 0.6 is 0 Å². The molecule has 0 saturated carbocycles. The monoisotopic (exact) mass is 562 g/mol. The van der Waals surface area contributed by atoms with Gasteiger partial charge in [0, 0.05) is 51.4 Å². The molecule has 10 heteroatoms. The van der Waals surface area contributed by atoms with Crippen molar-refractivity contribution >= 4 is 27.5 Å². The predicted molar refractivity (Wildman–Crippen MR) is 153 cm³/mol. The molecule has 2 fully saturated rings. The van der Waals surface area contributed by atoms with Crippen molar-refractivity contribution in [3.8, 4) is 0 Å². The molecule has 1 atom stereocenters. The number of rotatable bonds is 9. The van der Waals surface area contributed by atoms with Crippen LogP contribution in [0, 0.1) is 0 Å². The Bertz CT molecular complexity index is 1430. The van der Waals surface area contributed by atoms with Crippen LogP contribution in [0.5, 0.6) is 0 Å². The summed E-state index contributed by atoms with van der Waals surface area (Å²) in [5, 5.41) is 5.80. The van der Waals surface area contributed by atoms with Crippen LogP contribution in [-0.4, -0.2) is 74.9 Å². The second kappa shape index (κ2) is 12.7. The van der Waals surface area contributed by atoms with Gasteiger partial charge in [-0.25, -0.2) is 8.42 Å². The van der Waals surface area contributed by atoms with Gasteiger partial charge in [0.25, 0.3) is 11.8 Å². The Labute approximate surface area is 235 Å². The third-order valence-electron chi connectivity index (χ3n) is 7.24. The number of nitrogens with one attached hydrogen (secondary N) is 2. The average Bonchev–Trinajstić information content (AvgIpc) is 3.51. The number of hydrogen-bond acceptors (Lipinski definition) is 6. The second-order valence-electron chi connectivity index (χ2n) is 10.0. The Morgan fingerprint density at radius 1 is 0.875 bits per heavy atom. The summed E-state index contributed by atoms with van der Waals surface area (Å²) in [6.45, 7) is 3.76. The molecule has 5 rings (SSSR count).